The first-order chi connectivity index (χ1) is 10.1. The summed E-state index contributed by atoms with van der Waals surface area (Å²) in [4.78, 5) is 13.6. The molecule has 114 valence electrons. The molecule has 1 aliphatic rings. The van der Waals surface area contributed by atoms with Gasteiger partial charge in [0, 0.05) is 12.2 Å². The van der Waals surface area contributed by atoms with Gasteiger partial charge < -0.3 is 20.6 Å². The van der Waals surface area contributed by atoms with E-state index in [9.17, 15) is 9.90 Å². The predicted octanol–water partition coefficient (Wildman–Crippen LogP) is 1.91. The normalized spacial score (nSPS) is 17.0. The molecule has 1 fully saturated rings. The third-order valence-corrected chi connectivity index (χ3v) is 3.74. The molecule has 5 nitrogen and oxygen atoms in total. The number of rotatable bonds is 5. The lowest BCUT2D eigenvalue weighted by molar-refractivity contribution is -0.139. The molecule has 0 radical (unpaired) electrons. The summed E-state index contributed by atoms with van der Waals surface area (Å²) in [7, 11) is 0. The van der Waals surface area contributed by atoms with Crippen molar-refractivity contribution in [3.63, 3.8) is 0 Å². The van der Waals surface area contributed by atoms with Crippen molar-refractivity contribution in [3.05, 3.63) is 30.3 Å². The number of anilines is 1. The first-order valence-electron chi connectivity index (χ1n) is 7.23. The molecule has 0 aromatic heterocycles. The molecule has 1 aromatic rings. The van der Waals surface area contributed by atoms with Crippen molar-refractivity contribution in [1.29, 1.82) is 0 Å². The van der Waals surface area contributed by atoms with Gasteiger partial charge in [-0.3, -0.25) is 0 Å². The number of nitrogens with zero attached hydrogens (tertiary/aromatic N) is 1. The maximum Gasteiger partial charge on any atom is 0.327 e. The quantitative estimate of drug-likeness (QED) is 0.722. The van der Waals surface area contributed by atoms with Crippen LogP contribution in [0.4, 0.5) is 5.69 Å². The van der Waals surface area contributed by atoms with Gasteiger partial charge in [0.2, 0.25) is 0 Å². The second kappa shape index (κ2) is 7.95. The van der Waals surface area contributed by atoms with Crippen LogP contribution < -0.4 is 10.6 Å². The molecular formula is C15H21N3O2S. The highest BCUT2D eigenvalue weighted by Crippen LogP contribution is 2.09. The molecule has 1 heterocycles. The Morgan fingerprint density at radius 3 is 2.52 bits per heavy atom. The van der Waals surface area contributed by atoms with Crippen LogP contribution in [0.3, 0.4) is 0 Å². The number of carbonyl (C=O) groups is 1. The third-order valence-electron chi connectivity index (χ3n) is 3.52. The van der Waals surface area contributed by atoms with Gasteiger partial charge in [0.1, 0.15) is 6.04 Å². The highest BCUT2D eigenvalue weighted by molar-refractivity contribution is 7.80. The second-order valence-electron chi connectivity index (χ2n) is 5.22. The van der Waals surface area contributed by atoms with E-state index in [0.29, 0.717) is 11.7 Å². The van der Waals surface area contributed by atoms with Gasteiger partial charge in [-0.05, 0) is 50.3 Å². The lowest BCUT2D eigenvalue weighted by Crippen LogP contribution is -2.50. The number of benzene rings is 1. The van der Waals surface area contributed by atoms with Crippen LogP contribution in [0.25, 0.3) is 0 Å². The smallest absolute Gasteiger partial charge is 0.327 e. The molecule has 0 amide bonds. The van der Waals surface area contributed by atoms with Gasteiger partial charge in [0.25, 0.3) is 0 Å². The summed E-state index contributed by atoms with van der Waals surface area (Å²) >= 11 is 5.20. The lowest BCUT2D eigenvalue weighted by Gasteiger charge is -2.29. The third kappa shape index (κ3) is 5.32. The van der Waals surface area contributed by atoms with E-state index in [1.807, 2.05) is 30.3 Å². The zero-order valence-corrected chi connectivity index (χ0v) is 12.7. The highest BCUT2D eigenvalue weighted by atomic mass is 32.1. The van der Waals surface area contributed by atoms with E-state index in [2.05, 4.69) is 15.5 Å². The topological polar surface area (TPSA) is 64.6 Å². The van der Waals surface area contributed by atoms with E-state index in [4.69, 9.17) is 12.2 Å². The first-order valence-corrected chi connectivity index (χ1v) is 7.64. The second-order valence-corrected chi connectivity index (χ2v) is 5.62. The average molecular weight is 307 g/mol. The van der Waals surface area contributed by atoms with Gasteiger partial charge in [-0.15, -0.1) is 0 Å². The molecule has 0 spiro atoms. The van der Waals surface area contributed by atoms with Crippen molar-refractivity contribution in [2.24, 2.45) is 0 Å². The number of hydrogen-bond donors (Lipinski definition) is 3. The Morgan fingerprint density at radius 2 is 1.90 bits per heavy atom. The standard InChI is InChI=1S/C15H21N3O2S/c19-14(20)13(11-18-9-5-2-6-10-18)17-15(21)16-12-7-3-1-4-8-12/h1,3-4,7-8,13H,2,5-6,9-11H2,(H,19,20)(H2,16,17,21). The SMILES string of the molecule is O=C(O)C(CN1CCCCC1)NC(=S)Nc1ccccc1. The monoisotopic (exact) mass is 307 g/mol. The van der Waals surface area contributed by atoms with Crippen LogP contribution in [0, 0.1) is 0 Å². The molecule has 21 heavy (non-hydrogen) atoms. The molecule has 1 aliphatic heterocycles. The van der Waals surface area contributed by atoms with Crippen LogP contribution in [-0.2, 0) is 4.79 Å². The summed E-state index contributed by atoms with van der Waals surface area (Å²) in [5.74, 6) is -0.877. The van der Waals surface area contributed by atoms with Crippen LogP contribution in [0.1, 0.15) is 19.3 Å². The number of carboxylic acid groups (broad SMARTS) is 1. The van der Waals surface area contributed by atoms with E-state index in [-0.39, 0.29) is 0 Å². The van der Waals surface area contributed by atoms with Crippen molar-refractivity contribution < 1.29 is 9.90 Å². The van der Waals surface area contributed by atoms with Crippen molar-refractivity contribution in [2.45, 2.75) is 25.3 Å². The Hall–Kier alpha value is -1.66. The van der Waals surface area contributed by atoms with Crippen molar-refractivity contribution in [2.75, 3.05) is 25.0 Å². The molecule has 1 saturated heterocycles. The molecule has 2 rings (SSSR count). The van der Waals surface area contributed by atoms with E-state index >= 15 is 0 Å². The molecular weight excluding hydrogens is 286 g/mol. The van der Waals surface area contributed by atoms with Crippen LogP contribution in [0.5, 0.6) is 0 Å². The number of nitrogens with one attached hydrogen (secondary N) is 2. The molecule has 1 atom stereocenters. The van der Waals surface area contributed by atoms with Crippen LogP contribution in [0.2, 0.25) is 0 Å². The summed E-state index contributed by atoms with van der Waals surface area (Å²) in [6, 6.07) is 8.79. The minimum atomic E-state index is -0.877. The Labute approximate surface area is 130 Å². The number of para-hydroxylation sites is 1. The first kappa shape index (κ1) is 15.7. The summed E-state index contributed by atoms with van der Waals surface area (Å²) < 4.78 is 0. The largest absolute Gasteiger partial charge is 0.480 e. The fraction of sp³-hybridized carbons (Fsp3) is 0.467. The van der Waals surface area contributed by atoms with Crippen molar-refractivity contribution in [3.8, 4) is 0 Å². The highest BCUT2D eigenvalue weighted by Gasteiger charge is 2.22. The lowest BCUT2D eigenvalue weighted by atomic mass is 10.1. The maximum atomic E-state index is 11.4. The van der Waals surface area contributed by atoms with Crippen molar-refractivity contribution in [1.82, 2.24) is 10.2 Å². The van der Waals surface area contributed by atoms with Gasteiger partial charge in [-0.1, -0.05) is 24.6 Å². The Bertz CT molecular complexity index is 475. The number of thiocarbonyl (C=S) groups is 1. The molecule has 0 bridgehead atoms. The van der Waals surface area contributed by atoms with E-state index < -0.39 is 12.0 Å². The summed E-state index contributed by atoms with van der Waals surface area (Å²) in [6.45, 7) is 2.40. The minimum Gasteiger partial charge on any atom is -0.480 e. The van der Waals surface area contributed by atoms with Crippen LogP contribution in [0.15, 0.2) is 30.3 Å². The number of likely N-dealkylation sites (tertiary alicyclic amines) is 1. The van der Waals surface area contributed by atoms with Gasteiger partial charge in [0.05, 0.1) is 0 Å². The Balaban J connectivity index is 1.86. The van der Waals surface area contributed by atoms with Gasteiger partial charge >= 0.3 is 5.97 Å². The fourth-order valence-electron chi connectivity index (χ4n) is 2.43. The van der Waals surface area contributed by atoms with Gasteiger partial charge in [-0.25, -0.2) is 4.79 Å². The van der Waals surface area contributed by atoms with Crippen LogP contribution >= 0.6 is 12.2 Å². The summed E-state index contributed by atoms with van der Waals surface area (Å²) in [6.07, 6.45) is 3.51. The number of carboxylic acids is 1. The Morgan fingerprint density at radius 1 is 1.24 bits per heavy atom. The van der Waals surface area contributed by atoms with Crippen LogP contribution in [-0.4, -0.2) is 46.8 Å². The zero-order chi connectivity index (χ0) is 15.1. The van der Waals surface area contributed by atoms with Gasteiger partial charge in [0.15, 0.2) is 5.11 Å². The average Bonchev–Trinajstić information content (AvgIpc) is 2.48. The van der Waals surface area contributed by atoms with Crippen molar-refractivity contribution >= 4 is 29.0 Å². The molecule has 0 aliphatic carbocycles. The molecule has 6 heteroatoms. The van der Waals surface area contributed by atoms with E-state index in [0.717, 1.165) is 31.6 Å². The number of aliphatic carboxylic acids is 1. The summed E-state index contributed by atoms with van der Waals surface area (Å²) in [5, 5.41) is 15.6. The molecule has 0 saturated carbocycles. The molecule has 1 unspecified atom stereocenters. The van der Waals surface area contributed by atoms with E-state index in [1.165, 1.54) is 6.42 Å². The minimum absolute atomic E-state index is 0.339. The summed E-state index contributed by atoms with van der Waals surface area (Å²) in [5.41, 5.74) is 0.845. The predicted molar refractivity (Wildman–Crippen MR) is 87.5 cm³/mol. The number of hydrogen-bond acceptors (Lipinski definition) is 3. The zero-order valence-electron chi connectivity index (χ0n) is 11.9. The fourth-order valence-corrected chi connectivity index (χ4v) is 2.69. The number of piperidine rings is 1. The van der Waals surface area contributed by atoms with Gasteiger partial charge in [-0.2, -0.15) is 0 Å². The Kier molecular flexibility index (Phi) is 5.95. The maximum absolute atomic E-state index is 11.4. The molecule has 1 aromatic carbocycles. The molecule has 3 N–H and O–H groups in total. The van der Waals surface area contributed by atoms with E-state index in [1.54, 1.807) is 0 Å².